The zero-order valence-electron chi connectivity index (χ0n) is 16.7. The minimum Gasteiger partial charge on any atom is -0.550 e. The molecule has 7 nitrogen and oxygen atoms in total. The minimum absolute atomic E-state index is 0.0396. The Morgan fingerprint density at radius 1 is 1.14 bits per heavy atom. The zero-order valence-corrected chi connectivity index (χ0v) is 16.7. The molecule has 2 aromatic rings. The van der Waals surface area contributed by atoms with Gasteiger partial charge in [0.15, 0.2) is 6.61 Å². The molecule has 1 heterocycles. The van der Waals surface area contributed by atoms with Crippen molar-refractivity contribution in [3.63, 3.8) is 0 Å². The highest BCUT2D eigenvalue weighted by Crippen LogP contribution is 2.34. The van der Waals surface area contributed by atoms with E-state index in [1.807, 2.05) is 19.1 Å². The van der Waals surface area contributed by atoms with Crippen LogP contribution in [0.5, 0.6) is 5.75 Å². The minimum atomic E-state index is -1.05. The van der Waals surface area contributed by atoms with Crippen LogP contribution in [0.15, 0.2) is 21.3 Å². The molecule has 156 valence electrons. The van der Waals surface area contributed by atoms with E-state index in [-0.39, 0.29) is 24.6 Å². The number of ether oxygens (including phenoxy) is 1. The van der Waals surface area contributed by atoms with Crippen molar-refractivity contribution in [3.05, 3.63) is 39.2 Å². The number of fused-ring (bicyclic) bond motifs is 3. The second-order valence-electron chi connectivity index (χ2n) is 7.51. The Kier molecular flexibility index (Phi) is 6.90. The number of hydrogen-bond donors (Lipinski definition) is 1. The van der Waals surface area contributed by atoms with E-state index < -0.39 is 5.97 Å². The van der Waals surface area contributed by atoms with E-state index >= 15 is 0 Å². The Balaban J connectivity index is 1.65. The van der Waals surface area contributed by atoms with Crippen molar-refractivity contribution in [1.82, 2.24) is 5.32 Å². The van der Waals surface area contributed by atoms with Crippen molar-refractivity contribution in [2.75, 3.05) is 13.2 Å². The van der Waals surface area contributed by atoms with E-state index in [9.17, 15) is 19.5 Å². The lowest BCUT2D eigenvalue weighted by Crippen LogP contribution is -2.30. The van der Waals surface area contributed by atoms with Crippen LogP contribution >= 0.6 is 0 Å². The molecule has 0 bridgehead atoms. The Hall–Kier alpha value is -2.83. The molecule has 1 aromatic heterocycles. The number of nitrogens with one attached hydrogen (secondary N) is 1. The van der Waals surface area contributed by atoms with Gasteiger partial charge in [-0.3, -0.25) is 4.79 Å². The molecule has 0 aliphatic heterocycles. The number of carboxylic acid groups (broad SMARTS) is 1. The highest BCUT2D eigenvalue weighted by molar-refractivity contribution is 5.89. The quantitative estimate of drug-likeness (QED) is 0.508. The van der Waals surface area contributed by atoms with E-state index in [0.717, 1.165) is 41.3 Å². The number of carboxylic acids is 1. The van der Waals surface area contributed by atoms with Crippen LogP contribution in [-0.4, -0.2) is 25.0 Å². The Bertz CT molecular complexity index is 962. The van der Waals surface area contributed by atoms with E-state index in [4.69, 9.17) is 9.15 Å². The number of amides is 1. The maximum absolute atomic E-state index is 12.3. The Morgan fingerprint density at radius 3 is 2.66 bits per heavy atom. The number of carbonyl (C=O) groups excluding carboxylic acids is 2. The summed E-state index contributed by atoms with van der Waals surface area (Å²) in [5.74, 6) is -0.734. The van der Waals surface area contributed by atoms with Crippen LogP contribution in [0.1, 0.15) is 55.2 Å². The first-order chi connectivity index (χ1) is 14.0. The highest BCUT2D eigenvalue weighted by Gasteiger charge is 2.21. The summed E-state index contributed by atoms with van der Waals surface area (Å²) in [5, 5.41) is 13.9. The third-order valence-corrected chi connectivity index (χ3v) is 5.17. The molecule has 1 N–H and O–H groups in total. The highest BCUT2D eigenvalue weighted by atomic mass is 16.5. The van der Waals surface area contributed by atoms with Crippen molar-refractivity contribution in [1.29, 1.82) is 0 Å². The fraction of sp³-hybridized carbons (Fsp3) is 0.500. The van der Waals surface area contributed by atoms with Gasteiger partial charge in [0.05, 0.1) is 5.39 Å². The number of benzene rings is 1. The normalized spacial score (nSPS) is 13.1. The van der Waals surface area contributed by atoms with Gasteiger partial charge in [-0.05, 0) is 75.1 Å². The molecule has 1 aromatic carbocycles. The number of rotatable bonds is 9. The Labute approximate surface area is 169 Å². The largest absolute Gasteiger partial charge is 0.550 e. The van der Waals surface area contributed by atoms with Crippen LogP contribution in [-0.2, 0) is 22.4 Å². The molecular weight excluding hydrogens is 374 g/mol. The van der Waals surface area contributed by atoms with Crippen LogP contribution in [0.4, 0.5) is 0 Å². The Morgan fingerprint density at radius 2 is 1.90 bits per heavy atom. The maximum Gasteiger partial charge on any atom is 0.339 e. The van der Waals surface area contributed by atoms with Gasteiger partial charge in [0.2, 0.25) is 0 Å². The number of hydrogen-bond acceptors (Lipinski definition) is 6. The molecule has 0 saturated carbocycles. The average molecular weight is 400 g/mol. The molecule has 29 heavy (non-hydrogen) atoms. The van der Waals surface area contributed by atoms with E-state index in [1.54, 1.807) is 0 Å². The topological polar surface area (TPSA) is 109 Å². The van der Waals surface area contributed by atoms with Crippen LogP contribution in [0, 0.1) is 6.92 Å². The number of carbonyl (C=O) groups is 2. The van der Waals surface area contributed by atoms with Crippen molar-refractivity contribution >= 4 is 22.8 Å². The molecule has 3 rings (SSSR count). The molecule has 0 fully saturated rings. The number of aryl methyl sites for hydroxylation is 2. The van der Waals surface area contributed by atoms with Crippen molar-refractivity contribution in [3.8, 4) is 5.75 Å². The van der Waals surface area contributed by atoms with E-state index in [1.165, 1.54) is 0 Å². The molecule has 0 saturated heterocycles. The van der Waals surface area contributed by atoms with Gasteiger partial charge < -0.3 is 24.4 Å². The molecule has 1 amide bonds. The first-order valence-electron chi connectivity index (χ1n) is 10.1. The third-order valence-electron chi connectivity index (χ3n) is 5.17. The molecule has 0 unspecified atom stereocenters. The smallest absolute Gasteiger partial charge is 0.339 e. The van der Waals surface area contributed by atoms with Gasteiger partial charge in [-0.25, -0.2) is 4.79 Å². The molecule has 0 radical (unpaired) electrons. The van der Waals surface area contributed by atoms with Gasteiger partial charge in [0.25, 0.3) is 5.91 Å². The first-order valence-corrected chi connectivity index (χ1v) is 10.1. The average Bonchev–Trinajstić information content (AvgIpc) is 2.68. The third kappa shape index (κ3) is 5.37. The van der Waals surface area contributed by atoms with E-state index in [2.05, 4.69) is 5.32 Å². The van der Waals surface area contributed by atoms with Gasteiger partial charge in [-0.15, -0.1) is 0 Å². The van der Waals surface area contributed by atoms with Gasteiger partial charge in [-0.2, -0.15) is 0 Å². The summed E-state index contributed by atoms with van der Waals surface area (Å²) in [7, 11) is 0. The lowest BCUT2D eigenvalue weighted by Gasteiger charge is -2.18. The fourth-order valence-electron chi connectivity index (χ4n) is 3.77. The molecule has 0 spiro atoms. The SMILES string of the molecule is Cc1cc(OCC(=O)NCCCCCC(=O)[O-])c2c3c(c(=O)oc2c1)CCCC3. The van der Waals surface area contributed by atoms with Gasteiger partial charge in [-0.1, -0.05) is 6.42 Å². The fourth-order valence-corrected chi connectivity index (χ4v) is 3.77. The monoisotopic (exact) mass is 400 g/mol. The van der Waals surface area contributed by atoms with Crippen molar-refractivity contribution in [2.45, 2.75) is 58.3 Å². The number of unbranched alkanes of at least 4 members (excludes halogenated alkanes) is 2. The van der Waals surface area contributed by atoms with Crippen LogP contribution in [0.2, 0.25) is 0 Å². The summed E-state index contributed by atoms with van der Waals surface area (Å²) >= 11 is 0. The maximum atomic E-state index is 12.3. The second-order valence-corrected chi connectivity index (χ2v) is 7.51. The molecule has 0 atom stereocenters. The van der Waals surface area contributed by atoms with Crippen molar-refractivity contribution < 1.29 is 23.8 Å². The lowest BCUT2D eigenvalue weighted by atomic mass is 9.90. The van der Waals surface area contributed by atoms with Gasteiger partial charge >= 0.3 is 5.63 Å². The summed E-state index contributed by atoms with van der Waals surface area (Å²) in [6.07, 6.45) is 5.48. The summed E-state index contributed by atoms with van der Waals surface area (Å²) in [5.41, 5.74) is 2.81. The van der Waals surface area contributed by atoms with Crippen molar-refractivity contribution in [2.24, 2.45) is 0 Å². The first kappa shape index (κ1) is 20.9. The molecule has 7 heteroatoms. The van der Waals surface area contributed by atoms with Gasteiger partial charge in [0.1, 0.15) is 11.3 Å². The summed E-state index contributed by atoms with van der Waals surface area (Å²) in [4.78, 5) is 34.8. The standard InChI is InChI=1S/C22H27NO6/c1-14-11-17(28-13-19(24)23-10-6-2-3-9-20(25)26)21-15-7-4-5-8-16(15)22(27)29-18(21)12-14/h11-12H,2-10,13H2,1H3,(H,23,24)(H,25,26)/p-1. The van der Waals surface area contributed by atoms with Crippen LogP contribution < -0.4 is 20.8 Å². The zero-order chi connectivity index (χ0) is 20.8. The molecule has 1 aliphatic rings. The summed E-state index contributed by atoms with van der Waals surface area (Å²) in [6, 6.07) is 3.69. The molecular formula is C22H26NO6-. The summed E-state index contributed by atoms with van der Waals surface area (Å²) in [6.45, 7) is 2.22. The second kappa shape index (κ2) is 9.58. The van der Waals surface area contributed by atoms with Crippen LogP contribution in [0.25, 0.3) is 11.0 Å². The van der Waals surface area contributed by atoms with E-state index in [0.29, 0.717) is 43.6 Å². The predicted octanol–water partition coefficient (Wildman–Crippen LogP) is 1.79. The molecule has 1 aliphatic carbocycles. The lowest BCUT2D eigenvalue weighted by molar-refractivity contribution is -0.305. The van der Waals surface area contributed by atoms with Crippen LogP contribution in [0.3, 0.4) is 0 Å². The van der Waals surface area contributed by atoms with Gasteiger partial charge in [0, 0.05) is 18.1 Å². The number of aliphatic carboxylic acids is 1. The summed E-state index contributed by atoms with van der Waals surface area (Å²) < 4.78 is 11.3. The predicted molar refractivity (Wildman–Crippen MR) is 106 cm³/mol.